The summed E-state index contributed by atoms with van der Waals surface area (Å²) in [6, 6.07) is 34.1. The third-order valence-electron chi connectivity index (χ3n) is 8.31. The van der Waals surface area contributed by atoms with E-state index >= 15 is 0 Å². The Balaban J connectivity index is 0.00000348. The number of hydrogen-bond donors (Lipinski definition) is 1. The molecular weight excluding hydrogens is 647 g/mol. The molecule has 1 N–H and O–H groups in total. The molecule has 0 spiro atoms. The van der Waals surface area contributed by atoms with E-state index in [1.165, 1.54) is 0 Å². The molecule has 0 amide bonds. The molecule has 2 aliphatic heterocycles. The Morgan fingerprint density at radius 2 is 1.00 bits per heavy atom. The molecule has 0 atom stereocenters. The summed E-state index contributed by atoms with van der Waals surface area (Å²) in [7, 11) is 0. The van der Waals surface area contributed by atoms with Crippen LogP contribution in [-0.4, -0.2) is 39.5 Å². The van der Waals surface area contributed by atoms with E-state index in [1.54, 1.807) is 0 Å². The molecule has 9 heteroatoms. The Hall–Kier alpha value is -6.28. The van der Waals surface area contributed by atoms with Crippen molar-refractivity contribution in [3.63, 3.8) is 0 Å². The number of H-pyrrole nitrogens is 1. The van der Waals surface area contributed by atoms with Crippen molar-refractivity contribution in [2.45, 2.75) is 0 Å². The van der Waals surface area contributed by atoms with E-state index < -0.39 is 0 Å². The van der Waals surface area contributed by atoms with Crippen molar-refractivity contribution in [1.29, 1.82) is 0 Å². The van der Waals surface area contributed by atoms with Crippen LogP contribution >= 0.6 is 0 Å². The minimum absolute atomic E-state index is 0. The second-order valence-electron chi connectivity index (χ2n) is 11.4. The van der Waals surface area contributed by atoms with Gasteiger partial charge in [0.25, 0.3) is 0 Å². The molecule has 2 aliphatic rings. The molecule has 0 aromatic carbocycles. The van der Waals surface area contributed by atoms with Crippen molar-refractivity contribution in [2.75, 3.05) is 0 Å². The van der Waals surface area contributed by atoms with Gasteiger partial charge in [-0.2, -0.15) is 0 Å². The summed E-state index contributed by atoms with van der Waals surface area (Å²) in [5.41, 5.74) is 11.8. The van der Waals surface area contributed by atoms with Crippen molar-refractivity contribution in [2.24, 2.45) is 0 Å². The quantitative estimate of drug-likeness (QED) is 0.188. The van der Waals surface area contributed by atoms with Crippen molar-refractivity contribution < 1.29 is 17.1 Å². The molecule has 49 heavy (non-hydrogen) atoms. The van der Waals surface area contributed by atoms with Crippen molar-refractivity contribution in [3.8, 4) is 39.6 Å². The number of nitrogens with zero attached hydrogens (tertiary/aromatic N) is 7. The fourth-order valence-corrected chi connectivity index (χ4v) is 6.31. The molecule has 233 valence electrons. The van der Waals surface area contributed by atoms with Gasteiger partial charge in [-0.15, -0.1) is 0 Å². The number of fused-ring (bicyclic) bond motifs is 8. The van der Waals surface area contributed by atoms with Crippen LogP contribution in [0.5, 0.6) is 0 Å². The zero-order chi connectivity index (χ0) is 31.9. The average Bonchev–Trinajstić information content (AvgIpc) is 3.95. The Morgan fingerprint density at radius 1 is 0.469 bits per heavy atom. The number of aromatic amines is 1. The predicted molar refractivity (Wildman–Crippen MR) is 191 cm³/mol. The number of pyridine rings is 4. The summed E-state index contributed by atoms with van der Waals surface area (Å²) < 4.78 is 2.18. The van der Waals surface area contributed by atoms with Gasteiger partial charge in [0.1, 0.15) is 5.82 Å². The summed E-state index contributed by atoms with van der Waals surface area (Å²) in [6.07, 6.45) is 15.4. The van der Waals surface area contributed by atoms with E-state index in [-0.39, 0.29) is 17.1 Å². The first kappa shape index (κ1) is 30.1. The van der Waals surface area contributed by atoms with Gasteiger partial charge < -0.3 is 4.98 Å². The predicted octanol–water partition coefficient (Wildman–Crippen LogP) is 8.70. The van der Waals surface area contributed by atoms with Gasteiger partial charge in [0.05, 0.1) is 56.5 Å². The summed E-state index contributed by atoms with van der Waals surface area (Å²) in [5.74, 6) is 0.724. The largest absolute Gasteiger partial charge is 0.355 e. The molecule has 1 radical (unpaired) electrons. The molecule has 0 fully saturated rings. The maximum absolute atomic E-state index is 5.19. The molecule has 0 unspecified atom stereocenters. The van der Waals surface area contributed by atoms with E-state index in [9.17, 15) is 0 Å². The zero-order valence-electron chi connectivity index (χ0n) is 25.9. The van der Waals surface area contributed by atoms with Gasteiger partial charge >= 0.3 is 0 Å². The van der Waals surface area contributed by atoms with Crippen LogP contribution in [-0.2, 0) is 17.1 Å². The van der Waals surface area contributed by atoms with E-state index in [0.29, 0.717) is 0 Å². The van der Waals surface area contributed by atoms with Crippen LogP contribution in [0.3, 0.4) is 0 Å². The summed E-state index contributed by atoms with van der Waals surface area (Å²) >= 11 is 0. The summed E-state index contributed by atoms with van der Waals surface area (Å²) in [4.78, 5) is 33.3. The molecule has 0 saturated heterocycles. The molecule has 8 bridgehead atoms. The minimum atomic E-state index is 0. The van der Waals surface area contributed by atoms with Gasteiger partial charge in [-0.1, -0.05) is 24.3 Å². The van der Waals surface area contributed by atoms with Gasteiger partial charge in [-0.05, 0) is 103 Å². The van der Waals surface area contributed by atoms with Gasteiger partial charge in [0.2, 0.25) is 0 Å². The van der Waals surface area contributed by atoms with Gasteiger partial charge in [-0.25, -0.2) is 15.0 Å². The van der Waals surface area contributed by atoms with Crippen molar-refractivity contribution >= 4 is 46.4 Å². The number of nitrogens with one attached hydrogen (secondary N) is 1. The minimum Gasteiger partial charge on any atom is -0.355 e. The number of rotatable bonds is 4. The molecule has 7 aromatic heterocycles. The molecule has 7 aromatic rings. The average molecular weight is 674 g/mol. The zero-order valence-corrected chi connectivity index (χ0v) is 27.1. The van der Waals surface area contributed by atoms with Crippen LogP contribution in [0, 0.1) is 0 Å². The third-order valence-corrected chi connectivity index (χ3v) is 8.31. The molecule has 0 aliphatic carbocycles. The second-order valence-corrected chi connectivity index (χ2v) is 11.4. The standard InChI is InChI=1S/C40H26N8.Mn/c1-5-19-41-31(9-1)37-34-18-17-29(47-34)24-28-14-13-26(45-28)23-27-15-16-30(46-27)25-35-38(32-10-2-6-20-42-32)39(33-11-3-7-21-43-33)40(37)48(35)36-12-4-8-22-44-36;/h1-25,45H;. The smallest absolute Gasteiger partial charge is 0.137 e. The Kier molecular flexibility index (Phi) is 7.81. The van der Waals surface area contributed by atoms with E-state index in [4.69, 9.17) is 29.9 Å². The van der Waals surface area contributed by atoms with Crippen molar-refractivity contribution in [3.05, 3.63) is 151 Å². The third kappa shape index (κ3) is 5.57. The van der Waals surface area contributed by atoms with Crippen molar-refractivity contribution in [1.82, 2.24) is 39.5 Å². The van der Waals surface area contributed by atoms with Crippen LogP contribution in [0.25, 0.3) is 86.0 Å². The molecule has 0 saturated carbocycles. The van der Waals surface area contributed by atoms with Gasteiger partial charge in [-0.3, -0.25) is 19.5 Å². The van der Waals surface area contributed by atoms with E-state index in [2.05, 4.69) is 21.7 Å². The fourth-order valence-electron chi connectivity index (χ4n) is 6.31. The van der Waals surface area contributed by atoms with Gasteiger partial charge in [0, 0.05) is 64.0 Å². The summed E-state index contributed by atoms with van der Waals surface area (Å²) in [6.45, 7) is 0. The SMILES string of the molecule is C1=Cc2cc3c(-c4ccccn4)c(-c4ccccn4)c(c(-c4ccccn4)c4nc(cc5ccc(cc1n2)[nH]5)C=C4)n3-c1ccccn1.[Mn]. The number of hydrogen-bond acceptors (Lipinski definition) is 6. The monoisotopic (exact) mass is 673 g/mol. The molecule has 8 nitrogen and oxygen atoms in total. The first-order valence-electron chi connectivity index (χ1n) is 15.6. The van der Waals surface area contributed by atoms with Crippen LogP contribution in [0.1, 0.15) is 22.8 Å². The topological polar surface area (TPSA) is 98.1 Å². The normalized spacial score (nSPS) is 11.8. The Bertz CT molecular complexity index is 2540. The van der Waals surface area contributed by atoms with Crippen LogP contribution in [0.4, 0.5) is 0 Å². The molecular formula is C40H26MnN8. The van der Waals surface area contributed by atoms with Gasteiger partial charge in [0.15, 0.2) is 0 Å². The van der Waals surface area contributed by atoms with Crippen LogP contribution < -0.4 is 0 Å². The first-order chi connectivity index (χ1) is 23.8. The van der Waals surface area contributed by atoms with Crippen LogP contribution in [0.15, 0.2) is 128 Å². The van der Waals surface area contributed by atoms with E-state index in [0.717, 1.165) is 84.4 Å². The molecule has 9 heterocycles. The maximum atomic E-state index is 5.19. The van der Waals surface area contributed by atoms with Crippen LogP contribution in [0.2, 0.25) is 0 Å². The maximum Gasteiger partial charge on any atom is 0.137 e. The second kappa shape index (κ2) is 12.7. The molecule has 9 rings (SSSR count). The Labute approximate surface area is 292 Å². The number of aromatic nitrogens is 8. The summed E-state index contributed by atoms with van der Waals surface area (Å²) in [5, 5.41) is 0. The van der Waals surface area contributed by atoms with E-state index in [1.807, 2.05) is 140 Å². The Morgan fingerprint density at radius 3 is 1.59 bits per heavy atom. The fraction of sp³-hybridized carbons (Fsp3) is 0. The first-order valence-corrected chi connectivity index (χ1v) is 15.6.